The Labute approximate surface area is 124 Å². The van der Waals surface area contributed by atoms with E-state index in [0.29, 0.717) is 10.7 Å². The predicted octanol–water partition coefficient (Wildman–Crippen LogP) is 3.18. The number of hydrogen-bond donors (Lipinski definition) is 2. The largest absolute Gasteiger partial charge is 0.478 e. The van der Waals surface area contributed by atoms with Crippen molar-refractivity contribution < 1.29 is 9.90 Å². The van der Waals surface area contributed by atoms with Crippen molar-refractivity contribution in [1.82, 2.24) is 4.90 Å². The number of nitrogens with one attached hydrogen (secondary N) is 1. The molecule has 0 saturated carbocycles. The molecule has 110 valence electrons. The van der Waals surface area contributed by atoms with Crippen molar-refractivity contribution in [2.24, 2.45) is 5.41 Å². The number of aromatic carboxylic acids is 1. The number of hydrogen-bond acceptors (Lipinski definition) is 3. The third kappa shape index (κ3) is 3.64. The molecule has 2 rings (SSSR count). The van der Waals surface area contributed by atoms with E-state index in [9.17, 15) is 9.90 Å². The van der Waals surface area contributed by atoms with Gasteiger partial charge in [-0.1, -0.05) is 18.5 Å². The zero-order chi connectivity index (χ0) is 14.8. The van der Waals surface area contributed by atoms with Crippen LogP contribution in [0.3, 0.4) is 0 Å². The van der Waals surface area contributed by atoms with Gasteiger partial charge < -0.3 is 15.3 Å². The quantitative estimate of drug-likeness (QED) is 0.896. The Morgan fingerprint density at radius 3 is 2.70 bits per heavy atom. The highest BCUT2D eigenvalue weighted by atomic mass is 35.5. The van der Waals surface area contributed by atoms with Crippen molar-refractivity contribution in [2.45, 2.75) is 19.8 Å². The average Bonchev–Trinajstić information content (AvgIpc) is 2.41. The summed E-state index contributed by atoms with van der Waals surface area (Å²) in [5.74, 6) is -0.955. The van der Waals surface area contributed by atoms with Gasteiger partial charge in [0.05, 0.1) is 5.56 Å². The van der Waals surface area contributed by atoms with Crippen LogP contribution in [0.4, 0.5) is 5.69 Å². The minimum atomic E-state index is -0.955. The number of nitrogens with zero attached hydrogens (tertiary/aromatic N) is 1. The van der Waals surface area contributed by atoms with Crippen LogP contribution in [0.25, 0.3) is 0 Å². The van der Waals surface area contributed by atoms with Gasteiger partial charge in [0.25, 0.3) is 0 Å². The lowest BCUT2D eigenvalue weighted by Gasteiger charge is -2.38. The number of carbonyl (C=O) groups is 1. The van der Waals surface area contributed by atoms with Crippen molar-refractivity contribution in [3.8, 4) is 0 Å². The highest BCUT2D eigenvalue weighted by molar-refractivity contribution is 6.31. The van der Waals surface area contributed by atoms with E-state index in [-0.39, 0.29) is 11.0 Å². The van der Waals surface area contributed by atoms with Crippen LogP contribution < -0.4 is 5.32 Å². The number of halogens is 1. The van der Waals surface area contributed by atoms with Crippen molar-refractivity contribution >= 4 is 23.3 Å². The zero-order valence-electron chi connectivity index (χ0n) is 11.9. The first-order valence-electron chi connectivity index (χ1n) is 6.85. The molecule has 1 saturated heterocycles. The molecule has 1 aliphatic rings. The zero-order valence-corrected chi connectivity index (χ0v) is 12.7. The Morgan fingerprint density at radius 2 is 2.10 bits per heavy atom. The Bertz CT molecular complexity index is 497. The van der Waals surface area contributed by atoms with Crippen LogP contribution in [0.15, 0.2) is 18.2 Å². The van der Waals surface area contributed by atoms with E-state index in [2.05, 4.69) is 24.2 Å². The van der Waals surface area contributed by atoms with Crippen LogP contribution in [0, 0.1) is 5.41 Å². The maximum Gasteiger partial charge on any atom is 0.337 e. The number of anilines is 1. The van der Waals surface area contributed by atoms with Gasteiger partial charge in [-0.05, 0) is 56.6 Å². The monoisotopic (exact) mass is 296 g/mol. The summed E-state index contributed by atoms with van der Waals surface area (Å²) < 4.78 is 0. The van der Waals surface area contributed by atoms with E-state index in [1.807, 2.05) is 0 Å². The number of carboxylic acids is 1. The number of rotatable bonds is 4. The first-order valence-corrected chi connectivity index (χ1v) is 7.23. The predicted molar refractivity (Wildman–Crippen MR) is 81.7 cm³/mol. The number of piperidine rings is 1. The standard InChI is InChI=1S/C15H21ClN2O2/c1-15(5-7-18(2)8-6-15)10-17-13-4-3-11(16)9-12(13)14(19)20/h3-4,9,17H,5-8,10H2,1-2H3,(H,19,20). The maximum atomic E-state index is 11.2. The van der Waals surface area contributed by atoms with Crippen LogP contribution >= 0.6 is 11.6 Å². The summed E-state index contributed by atoms with van der Waals surface area (Å²) in [6.45, 7) is 5.21. The first-order chi connectivity index (χ1) is 9.39. The van der Waals surface area contributed by atoms with Gasteiger partial charge in [-0.15, -0.1) is 0 Å². The van der Waals surface area contributed by atoms with E-state index in [1.54, 1.807) is 12.1 Å². The molecule has 20 heavy (non-hydrogen) atoms. The van der Waals surface area contributed by atoms with Gasteiger partial charge in [-0.25, -0.2) is 4.79 Å². The molecule has 0 atom stereocenters. The number of carboxylic acid groups (broad SMARTS) is 1. The second kappa shape index (κ2) is 6.02. The van der Waals surface area contributed by atoms with Crippen LogP contribution in [-0.2, 0) is 0 Å². The molecular formula is C15H21ClN2O2. The molecule has 1 aromatic rings. The molecule has 1 aliphatic heterocycles. The molecule has 1 aromatic carbocycles. The van der Waals surface area contributed by atoms with E-state index >= 15 is 0 Å². The molecule has 5 heteroatoms. The second-order valence-electron chi connectivity index (χ2n) is 5.96. The van der Waals surface area contributed by atoms with Gasteiger partial charge in [-0.3, -0.25) is 0 Å². The summed E-state index contributed by atoms with van der Waals surface area (Å²) in [6, 6.07) is 4.95. The fraction of sp³-hybridized carbons (Fsp3) is 0.533. The summed E-state index contributed by atoms with van der Waals surface area (Å²) in [6.07, 6.45) is 2.24. The van der Waals surface area contributed by atoms with E-state index in [1.165, 1.54) is 6.07 Å². The Balaban J connectivity index is 2.05. The summed E-state index contributed by atoms with van der Waals surface area (Å²) in [5, 5.41) is 13.0. The molecule has 2 N–H and O–H groups in total. The van der Waals surface area contributed by atoms with Crippen molar-refractivity contribution in [3.63, 3.8) is 0 Å². The molecule has 1 heterocycles. The first kappa shape index (κ1) is 15.1. The summed E-state index contributed by atoms with van der Waals surface area (Å²) in [5.41, 5.74) is 1.08. The van der Waals surface area contributed by atoms with Gasteiger partial charge in [0.1, 0.15) is 0 Å². The summed E-state index contributed by atoms with van der Waals surface area (Å²) in [4.78, 5) is 13.6. The molecule has 0 aliphatic carbocycles. The fourth-order valence-corrected chi connectivity index (χ4v) is 2.66. The summed E-state index contributed by atoms with van der Waals surface area (Å²) in [7, 11) is 2.13. The Hall–Kier alpha value is -1.26. The third-order valence-electron chi connectivity index (χ3n) is 4.11. The van der Waals surface area contributed by atoms with Crippen LogP contribution in [0.5, 0.6) is 0 Å². The highest BCUT2D eigenvalue weighted by Gasteiger charge is 2.28. The SMILES string of the molecule is CN1CCC(C)(CNc2ccc(Cl)cc2C(=O)O)CC1. The van der Waals surface area contributed by atoms with Crippen molar-refractivity contribution in [1.29, 1.82) is 0 Å². The Kier molecular flexibility index (Phi) is 4.55. The average molecular weight is 297 g/mol. The highest BCUT2D eigenvalue weighted by Crippen LogP contribution is 2.31. The second-order valence-corrected chi connectivity index (χ2v) is 6.40. The third-order valence-corrected chi connectivity index (χ3v) is 4.35. The molecule has 1 fully saturated rings. The molecular weight excluding hydrogens is 276 g/mol. The van der Waals surface area contributed by atoms with Gasteiger partial charge >= 0.3 is 5.97 Å². The van der Waals surface area contributed by atoms with Crippen molar-refractivity contribution in [3.05, 3.63) is 28.8 Å². The molecule has 4 nitrogen and oxygen atoms in total. The number of likely N-dealkylation sites (tertiary alicyclic amines) is 1. The molecule has 0 unspecified atom stereocenters. The summed E-state index contributed by atoms with van der Waals surface area (Å²) >= 11 is 5.86. The van der Waals surface area contributed by atoms with E-state index in [0.717, 1.165) is 32.5 Å². The lowest BCUT2D eigenvalue weighted by atomic mass is 9.80. The molecule has 0 bridgehead atoms. The minimum Gasteiger partial charge on any atom is -0.478 e. The minimum absolute atomic E-state index is 0.210. The van der Waals surface area contributed by atoms with E-state index in [4.69, 9.17) is 11.6 Å². The lowest BCUT2D eigenvalue weighted by Crippen LogP contribution is -2.40. The van der Waals surface area contributed by atoms with Gasteiger partial charge in [0.15, 0.2) is 0 Å². The van der Waals surface area contributed by atoms with Gasteiger partial charge in [0, 0.05) is 17.3 Å². The molecule has 0 spiro atoms. The normalized spacial score (nSPS) is 18.8. The van der Waals surface area contributed by atoms with Gasteiger partial charge in [-0.2, -0.15) is 0 Å². The molecule has 0 amide bonds. The number of benzene rings is 1. The Morgan fingerprint density at radius 1 is 1.45 bits per heavy atom. The van der Waals surface area contributed by atoms with Crippen LogP contribution in [0.2, 0.25) is 5.02 Å². The van der Waals surface area contributed by atoms with Crippen LogP contribution in [0.1, 0.15) is 30.1 Å². The maximum absolute atomic E-state index is 11.2. The molecule has 0 aromatic heterocycles. The van der Waals surface area contributed by atoms with Crippen molar-refractivity contribution in [2.75, 3.05) is 32.0 Å². The fourth-order valence-electron chi connectivity index (χ4n) is 2.49. The van der Waals surface area contributed by atoms with Crippen LogP contribution in [-0.4, -0.2) is 42.7 Å². The lowest BCUT2D eigenvalue weighted by molar-refractivity contribution is 0.0697. The van der Waals surface area contributed by atoms with E-state index < -0.39 is 5.97 Å². The van der Waals surface area contributed by atoms with Gasteiger partial charge in [0.2, 0.25) is 0 Å². The topological polar surface area (TPSA) is 52.6 Å². The smallest absolute Gasteiger partial charge is 0.337 e. The molecule has 0 radical (unpaired) electrons.